The number of rotatable bonds is 1. The molecule has 0 unspecified atom stereocenters. The van der Waals surface area contributed by atoms with Gasteiger partial charge in [0.2, 0.25) is 10.5 Å². The maximum Gasteiger partial charge on any atom is 0.246 e. The minimum atomic E-state index is 0.250. The van der Waals surface area contributed by atoms with Crippen molar-refractivity contribution >= 4 is 10.5 Å². The molecule has 0 atom stereocenters. The minimum absolute atomic E-state index is 0.250. The molecule has 0 rings (SSSR count). The zero-order valence-corrected chi connectivity index (χ0v) is 5.77. The summed E-state index contributed by atoms with van der Waals surface area (Å²) >= 11 is 0. The fourth-order valence-electron chi connectivity index (χ4n) is 0. The van der Waals surface area contributed by atoms with Crippen LogP contribution in [0.4, 0.5) is 0 Å². The van der Waals surface area contributed by atoms with E-state index in [2.05, 4.69) is 14.9 Å². The van der Waals surface area contributed by atoms with Gasteiger partial charge in [0.1, 0.15) is 0 Å². The van der Waals surface area contributed by atoms with E-state index in [4.69, 9.17) is 5.11 Å². The molecule has 3 heteroatoms. The van der Waals surface area contributed by atoms with Crippen molar-refractivity contribution in [3.63, 3.8) is 0 Å². The second-order valence-corrected chi connectivity index (χ2v) is 1.04. The summed E-state index contributed by atoms with van der Waals surface area (Å²) in [6.07, 6.45) is 0. The summed E-state index contributed by atoms with van der Waals surface area (Å²) in [5, 5.41) is 7.57. The van der Waals surface area contributed by atoms with Gasteiger partial charge in [-0.15, -0.1) is 0 Å². The highest BCUT2D eigenvalue weighted by atomic mass is 28.2. The highest BCUT2D eigenvalue weighted by Crippen LogP contribution is 1.50. The van der Waals surface area contributed by atoms with Crippen LogP contribution in [0.3, 0.4) is 0 Å². The third-order valence-corrected chi connectivity index (χ3v) is 0.433. The summed E-state index contributed by atoms with van der Waals surface area (Å²) in [4.78, 5) is 0. The zero-order chi connectivity index (χ0) is 6.12. The Morgan fingerprint density at radius 3 is 1.71 bits per heavy atom. The van der Waals surface area contributed by atoms with Crippen LogP contribution < -0.4 is 0 Å². The fraction of sp³-hybridized carbons (Fsp3) is 1.00. The van der Waals surface area contributed by atoms with Crippen LogP contribution in [0.1, 0.15) is 13.8 Å². The Bertz CT molecular complexity index is 17.2. The highest BCUT2D eigenvalue weighted by molar-refractivity contribution is 5.97. The molecule has 0 saturated heterocycles. The fourth-order valence-corrected chi connectivity index (χ4v) is 0. The van der Waals surface area contributed by atoms with Gasteiger partial charge < -0.3 is 9.53 Å². The van der Waals surface area contributed by atoms with E-state index in [-0.39, 0.29) is 6.61 Å². The molecule has 3 radical (unpaired) electrons. The standard InChI is InChI=1S/C2H5OSi.C2H6O/c1-2-3-4;1-2-3/h2H2,1H3;3H,2H2,1H3. The van der Waals surface area contributed by atoms with Crippen LogP contribution in [-0.4, -0.2) is 28.8 Å². The van der Waals surface area contributed by atoms with E-state index in [0.29, 0.717) is 0 Å². The Balaban J connectivity index is 0. The first-order valence-corrected chi connectivity index (χ1v) is 2.63. The average molecular weight is 119 g/mol. The molecule has 0 aromatic heterocycles. The second kappa shape index (κ2) is 16.5. The first-order chi connectivity index (χ1) is 3.33. The summed E-state index contributed by atoms with van der Waals surface area (Å²) < 4.78 is 4.35. The molecule has 0 aliphatic heterocycles. The van der Waals surface area contributed by atoms with Crippen molar-refractivity contribution < 1.29 is 9.53 Å². The molecule has 7 heavy (non-hydrogen) atoms. The Hall–Kier alpha value is 0.137. The summed E-state index contributed by atoms with van der Waals surface area (Å²) in [6.45, 7) is 4.57. The van der Waals surface area contributed by atoms with E-state index in [9.17, 15) is 0 Å². The minimum Gasteiger partial charge on any atom is -0.419 e. The van der Waals surface area contributed by atoms with Crippen LogP contribution in [0.2, 0.25) is 0 Å². The van der Waals surface area contributed by atoms with Crippen LogP contribution in [0, 0.1) is 0 Å². The van der Waals surface area contributed by atoms with E-state index >= 15 is 0 Å². The van der Waals surface area contributed by atoms with Gasteiger partial charge in [-0.2, -0.15) is 0 Å². The normalized spacial score (nSPS) is 6.86. The predicted molar refractivity (Wildman–Crippen MR) is 30.1 cm³/mol. The van der Waals surface area contributed by atoms with E-state index in [0.717, 1.165) is 6.61 Å². The average Bonchev–Trinajstić information content (AvgIpc) is 1.69. The lowest BCUT2D eigenvalue weighted by molar-refractivity contribution is 0.318. The molecule has 0 heterocycles. The zero-order valence-electron chi connectivity index (χ0n) is 4.77. The van der Waals surface area contributed by atoms with Gasteiger partial charge in [0.05, 0.1) is 0 Å². The number of aliphatic hydroxyl groups is 1. The molecule has 0 amide bonds. The molecule has 0 aliphatic carbocycles. The maximum absolute atomic E-state index is 7.57. The highest BCUT2D eigenvalue weighted by Gasteiger charge is 1.53. The Labute approximate surface area is 48.0 Å². The molecular formula is C4H11O2Si. The molecule has 0 bridgehead atoms. The summed E-state index contributed by atoms with van der Waals surface area (Å²) in [5.41, 5.74) is 0. The van der Waals surface area contributed by atoms with Crippen molar-refractivity contribution in [1.82, 2.24) is 0 Å². The molecule has 0 spiro atoms. The SMILES string of the molecule is CCO.CCO[Si]. The lowest BCUT2D eigenvalue weighted by Crippen LogP contribution is -1.76. The quantitative estimate of drug-likeness (QED) is 0.496. The Morgan fingerprint density at radius 2 is 1.71 bits per heavy atom. The van der Waals surface area contributed by atoms with Crippen LogP contribution in [0.25, 0.3) is 0 Å². The molecule has 2 nitrogen and oxygen atoms in total. The molecule has 0 aromatic carbocycles. The van der Waals surface area contributed by atoms with Gasteiger partial charge >= 0.3 is 0 Å². The van der Waals surface area contributed by atoms with Crippen molar-refractivity contribution in [3.8, 4) is 0 Å². The van der Waals surface area contributed by atoms with Crippen LogP contribution in [0.15, 0.2) is 0 Å². The van der Waals surface area contributed by atoms with E-state index in [1.165, 1.54) is 0 Å². The number of aliphatic hydroxyl groups excluding tert-OH is 1. The van der Waals surface area contributed by atoms with Crippen molar-refractivity contribution in [2.45, 2.75) is 13.8 Å². The lowest BCUT2D eigenvalue weighted by atomic mass is 10.9. The topological polar surface area (TPSA) is 29.5 Å². The smallest absolute Gasteiger partial charge is 0.246 e. The van der Waals surface area contributed by atoms with E-state index in [1.54, 1.807) is 6.92 Å². The largest absolute Gasteiger partial charge is 0.419 e. The predicted octanol–water partition coefficient (Wildman–Crippen LogP) is 0.105. The van der Waals surface area contributed by atoms with Crippen LogP contribution in [-0.2, 0) is 4.43 Å². The molecular weight excluding hydrogens is 108 g/mol. The summed E-state index contributed by atoms with van der Waals surface area (Å²) in [6, 6.07) is 0. The van der Waals surface area contributed by atoms with Gasteiger partial charge in [0.15, 0.2) is 0 Å². The van der Waals surface area contributed by atoms with Crippen molar-refractivity contribution in [2.75, 3.05) is 13.2 Å². The maximum atomic E-state index is 7.57. The van der Waals surface area contributed by atoms with Gasteiger partial charge in [-0.25, -0.2) is 0 Å². The number of hydrogen-bond donors (Lipinski definition) is 1. The second-order valence-electron chi connectivity index (χ2n) is 0.749. The third kappa shape index (κ3) is 81.3. The number of hydrogen-bond acceptors (Lipinski definition) is 2. The van der Waals surface area contributed by atoms with E-state index < -0.39 is 0 Å². The summed E-state index contributed by atoms with van der Waals surface area (Å²) in [5.74, 6) is 0. The first-order valence-electron chi connectivity index (χ1n) is 2.22. The molecule has 43 valence electrons. The Kier molecular flexibility index (Phi) is 23.9. The molecule has 0 aromatic rings. The van der Waals surface area contributed by atoms with Crippen molar-refractivity contribution in [2.24, 2.45) is 0 Å². The molecule has 0 fully saturated rings. The lowest BCUT2D eigenvalue weighted by Gasteiger charge is -1.75. The van der Waals surface area contributed by atoms with Crippen LogP contribution >= 0.6 is 0 Å². The van der Waals surface area contributed by atoms with Gasteiger partial charge in [0.25, 0.3) is 0 Å². The summed E-state index contributed by atoms with van der Waals surface area (Å²) in [7, 11) is 2.79. The van der Waals surface area contributed by atoms with Gasteiger partial charge in [-0.05, 0) is 13.8 Å². The first kappa shape index (κ1) is 10.2. The third-order valence-electron chi connectivity index (χ3n) is 0.144. The molecule has 0 aliphatic rings. The van der Waals surface area contributed by atoms with Gasteiger partial charge in [-0.1, -0.05) is 0 Å². The van der Waals surface area contributed by atoms with Gasteiger partial charge in [-0.3, -0.25) is 0 Å². The molecule has 1 N–H and O–H groups in total. The van der Waals surface area contributed by atoms with Crippen molar-refractivity contribution in [1.29, 1.82) is 0 Å². The van der Waals surface area contributed by atoms with E-state index in [1.807, 2.05) is 6.92 Å². The van der Waals surface area contributed by atoms with Crippen LogP contribution in [0.5, 0.6) is 0 Å². The van der Waals surface area contributed by atoms with Crippen molar-refractivity contribution in [3.05, 3.63) is 0 Å². The molecule has 0 saturated carbocycles. The Morgan fingerprint density at radius 1 is 1.57 bits per heavy atom. The van der Waals surface area contributed by atoms with Gasteiger partial charge in [0, 0.05) is 13.2 Å². The monoisotopic (exact) mass is 119 g/mol.